The third kappa shape index (κ3) is 4.30. The fourth-order valence-corrected chi connectivity index (χ4v) is 2.01. The molecular weight excluding hydrogens is 290 g/mol. The molecule has 0 unspecified atom stereocenters. The molecule has 0 aliphatic carbocycles. The maximum Gasteiger partial charge on any atom is 0.247 e. The monoisotopic (exact) mass is 301 g/mol. The molecule has 0 spiro atoms. The van der Waals surface area contributed by atoms with Gasteiger partial charge in [-0.1, -0.05) is 11.6 Å². The van der Waals surface area contributed by atoms with Crippen LogP contribution in [-0.2, 0) is 16.4 Å². The molecule has 0 saturated heterocycles. The SMILES string of the molecule is CS(=O)(=O)NCCc1nnc(-c2ccc(Cl)cc2)o1. The van der Waals surface area contributed by atoms with Gasteiger partial charge < -0.3 is 4.42 Å². The Morgan fingerprint density at radius 3 is 2.58 bits per heavy atom. The molecule has 2 aromatic rings. The molecule has 102 valence electrons. The first-order chi connectivity index (χ1) is 8.94. The molecule has 0 radical (unpaired) electrons. The Labute approximate surface area is 115 Å². The molecule has 0 saturated carbocycles. The van der Waals surface area contributed by atoms with E-state index in [2.05, 4.69) is 14.9 Å². The van der Waals surface area contributed by atoms with E-state index in [1.54, 1.807) is 24.3 Å². The van der Waals surface area contributed by atoms with E-state index in [-0.39, 0.29) is 6.54 Å². The first-order valence-electron chi connectivity index (χ1n) is 5.47. The number of hydrogen-bond acceptors (Lipinski definition) is 5. The molecule has 0 aliphatic rings. The number of hydrogen-bond donors (Lipinski definition) is 1. The number of nitrogens with one attached hydrogen (secondary N) is 1. The van der Waals surface area contributed by atoms with E-state index < -0.39 is 10.0 Å². The first-order valence-corrected chi connectivity index (χ1v) is 7.74. The van der Waals surface area contributed by atoms with Crippen molar-refractivity contribution in [1.82, 2.24) is 14.9 Å². The quantitative estimate of drug-likeness (QED) is 0.904. The number of sulfonamides is 1. The first kappa shape index (κ1) is 14.0. The number of benzene rings is 1. The van der Waals surface area contributed by atoms with Gasteiger partial charge >= 0.3 is 0 Å². The van der Waals surface area contributed by atoms with E-state index in [1.165, 1.54) is 0 Å². The molecule has 1 aromatic carbocycles. The van der Waals surface area contributed by atoms with E-state index >= 15 is 0 Å². The van der Waals surface area contributed by atoms with Crippen LogP contribution in [0.15, 0.2) is 28.7 Å². The molecular formula is C11H12ClN3O3S. The molecule has 0 amide bonds. The highest BCUT2D eigenvalue weighted by molar-refractivity contribution is 7.88. The molecule has 1 heterocycles. The van der Waals surface area contributed by atoms with Gasteiger partial charge in [-0.3, -0.25) is 0 Å². The fraction of sp³-hybridized carbons (Fsp3) is 0.273. The zero-order chi connectivity index (χ0) is 13.9. The lowest BCUT2D eigenvalue weighted by atomic mass is 10.2. The van der Waals surface area contributed by atoms with Crippen LogP contribution in [0.5, 0.6) is 0 Å². The Morgan fingerprint density at radius 2 is 1.95 bits per heavy atom. The average molecular weight is 302 g/mol. The van der Waals surface area contributed by atoms with Crippen molar-refractivity contribution >= 4 is 21.6 Å². The van der Waals surface area contributed by atoms with Crippen LogP contribution in [0.3, 0.4) is 0 Å². The van der Waals surface area contributed by atoms with Gasteiger partial charge in [0, 0.05) is 23.6 Å². The van der Waals surface area contributed by atoms with Gasteiger partial charge in [0.25, 0.3) is 0 Å². The molecule has 0 atom stereocenters. The van der Waals surface area contributed by atoms with Gasteiger partial charge in [0.1, 0.15) is 0 Å². The Morgan fingerprint density at radius 1 is 1.26 bits per heavy atom. The summed E-state index contributed by atoms with van der Waals surface area (Å²) >= 11 is 5.78. The molecule has 0 fully saturated rings. The summed E-state index contributed by atoms with van der Waals surface area (Å²) in [4.78, 5) is 0. The predicted molar refractivity (Wildman–Crippen MR) is 71.3 cm³/mol. The standard InChI is InChI=1S/C11H12ClN3O3S/c1-19(16,17)13-7-6-10-14-15-11(18-10)8-2-4-9(12)5-3-8/h2-5,13H,6-7H2,1H3. The van der Waals surface area contributed by atoms with Gasteiger partial charge in [-0.2, -0.15) is 0 Å². The van der Waals surface area contributed by atoms with Crippen molar-refractivity contribution in [3.05, 3.63) is 35.2 Å². The topological polar surface area (TPSA) is 85.1 Å². The molecule has 0 bridgehead atoms. The lowest BCUT2D eigenvalue weighted by molar-refractivity contribution is 0.502. The maximum atomic E-state index is 10.9. The second kappa shape index (κ2) is 5.68. The van der Waals surface area contributed by atoms with Gasteiger partial charge in [0.2, 0.25) is 21.8 Å². The van der Waals surface area contributed by atoms with E-state index in [0.29, 0.717) is 23.2 Å². The van der Waals surface area contributed by atoms with Crippen molar-refractivity contribution in [3.63, 3.8) is 0 Å². The van der Waals surface area contributed by atoms with Gasteiger partial charge in [-0.25, -0.2) is 13.1 Å². The Hall–Kier alpha value is -1.44. The van der Waals surface area contributed by atoms with Gasteiger partial charge in [-0.15, -0.1) is 10.2 Å². The van der Waals surface area contributed by atoms with Crippen LogP contribution < -0.4 is 4.72 Å². The predicted octanol–water partition coefficient (Wildman–Crippen LogP) is 1.48. The van der Waals surface area contributed by atoms with Crippen molar-refractivity contribution < 1.29 is 12.8 Å². The highest BCUT2D eigenvalue weighted by atomic mass is 35.5. The van der Waals surface area contributed by atoms with Crippen LogP contribution in [0.25, 0.3) is 11.5 Å². The molecule has 8 heteroatoms. The highest BCUT2D eigenvalue weighted by Crippen LogP contribution is 2.20. The highest BCUT2D eigenvalue weighted by Gasteiger charge is 2.09. The third-order valence-electron chi connectivity index (χ3n) is 2.26. The summed E-state index contributed by atoms with van der Waals surface area (Å²) in [6.07, 6.45) is 1.44. The summed E-state index contributed by atoms with van der Waals surface area (Å²) in [5.41, 5.74) is 0.763. The Kier molecular flexibility index (Phi) is 4.18. The molecule has 1 N–H and O–H groups in total. The fourth-order valence-electron chi connectivity index (χ4n) is 1.41. The van der Waals surface area contributed by atoms with E-state index in [4.69, 9.17) is 16.0 Å². The second-order valence-electron chi connectivity index (χ2n) is 3.92. The van der Waals surface area contributed by atoms with Crippen LogP contribution in [-0.4, -0.2) is 31.4 Å². The van der Waals surface area contributed by atoms with Crippen molar-refractivity contribution in [2.45, 2.75) is 6.42 Å². The molecule has 19 heavy (non-hydrogen) atoms. The smallest absolute Gasteiger partial charge is 0.247 e. The van der Waals surface area contributed by atoms with Crippen LogP contribution in [0, 0.1) is 0 Å². The van der Waals surface area contributed by atoms with Crippen LogP contribution >= 0.6 is 11.6 Å². The van der Waals surface area contributed by atoms with Crippen LogP contribution in [0.1, 0.15) is 5.89 Å². The number of rotatable bonds is 5. The zero-order valence-corrected chi connectivity index (χ0v) is 11.7. The van der Waals surface area contributed by atoms with Crippen molar-refractivity contribution in [2.75, 3.05) is 12.8 Å². The average Bonchev–Trinajstić information content (AvgIpc) is 2.77. The Balaban J connectivity index is 2.01. The summed E-state index contributed by atoms with van der Waals surface area (Å²) in [7, 11) is -3.20. The third-order valence-corrected chi connectivity index (χ3v) is 3.24. The van der Waals surface area contributed by atoms with Crippen molar-refractivity contribution in [1.29, 1.82) is 0 Å². The lowest BCUT2D eigenvalue weighted by Gasteiger charge is -1.98. The van der Waals surface area contributed by atoms with Gasteiger partial charge in [-0.05, 0) is 24.3 Å². The number of aromatic nitrogens is 2. The van der Waals surface area contributed by atoms with E-state index in [9.17, 15) is 8.42 Å². The molecule has 0 aliphatic heterocycles. The lowest BCUT2D eigenvalue weighted by Crippen LogP contribution is -2.24. The van der Waals surface area contributed by atoms with Crippen molar-refractivity contribution in [3.8, 4) is 11.5 Å². The Bertz CT molecular complexity index is 652. The van der Waals surface area contributed by atoms with E-state index in [1.807, 2.05) is 0 Å². The molecule has 6 nitrogen and oxygen atoms in total. The molecule has 2 rings (SSSR count). The second-order valence-corrected chi connectivity index (χ2v) is 6.19. The maximum absolute atomic E-state index is 10.9. The zero-order valence-electron chi connectivity index (χ0n) is 10.1. The summed E-state index contributed by atoms with van der Waals surface area (Å²) in [6.45, 7) is 0.223. The summed E-state index contributed by atoms with van der Waals surface area (Å²) in [6, 6.07) is 7.00. The normalized spacial score (nSPS) is 11.7. The molecule has 1 aromatic heterocycles. The minimum atomic E-state index is -3.20. The minimum absolute atomic E-state index is 0.223. The summed E-state index contributed by atoms with van der Waals surface area (Å²) < 4.78 is 29.6. The largest absolute Gasteiger partial charge is 0.421 e. The number of halogens is 1. The van der Waals surface area contributed by atoms with Crippen LogP contribution in [0.2, 0.25) is 5.02 Å². The van der Waals surface area contributed by atoms with Gasteiger partial charge in [0.05, 0.1) is 6.26 Å². The van der Waals surface area contributed by atoms with E-state index in [0.717, 1.165) is 11.8 Å². The summed E-state index contributed by atoms with van der Waals surface area (Å²) in [5.74, 6) is 0.757. The van der Waals surface area contributed by atoms with Crippen LogP contribution in [0.4, 0.5) is 0 Å². The number of nitrogens with zero attached hydrogens (tertiary/aromatic N) is 2. The van der Waals surface area contributed by atoms with Crippen molar-refractivity contribution in [2.24, 2.45) is 0 Å². The summed E-state index contributed by atoms with van der Waals surface area (Å²) in [5, 5.41) is 8.37. The van der Waals surface area contributed by atoms with Gasteiger partial charge in [0.15, 0.2) is 0 Å². The minimum Gasteiger partial charge on any atom is -0.421 e.